The highest BCUT2D eigenvalue weighted by atomic mass is 19.1. The summed E-state index contributed by atoms with van der Waals surface area (Å²) in [6, 6.07) is -0.940. The molecule has 12 heteroatoms. The van der Waals surface area contributed by atoms with Crippen LogP contribution >= 0.6 is 0 Å². The van der Waals surface area contributed by atoms with E-state index in [0.29, 0.717) is 11.2 Å². The maximum Gasteiger partial charge on any atom is 0.335 e. The van der Waals surface area contributed by atoms with E-state index < -0.39 is 24.5 Å². The molecule has 1 saturated heterocycles. The predicted molar refractivity (Wildman–Crippen MR) is 74.7 cm³/mol. The molecule has 2 aromatic heterocycles. The highest BCUT2D eigenvalue weighted by molar-refractivity contribution is 5.81. The Morgan fingerprint density at radius 3 is 2.78 bits per heavy atom. The van der Waals surface area contributed by atoms with E-state index in [1.54, 1.807) is 0 Å². The van der Waals surface area contributed by atoms with E-state index in [1.165, 1.54) is 22.7 Å². The number of carbonyl (C=O) groups excluding carboxylic acids is 1. The summed E-state index contributed by atoms with van der Waals surface area (Å²) in [5, 5.41) is 16.4. The summed E-state index contributed by atoms with van der Waals surface area (Å²) in [6.07, 6.45) is 0.328. The number of urea groups is 1. The lowest BCUT2D eigenvalue weighted by Crippen LogP contribution is -2.25. The SMILES string of the molecule is NC(=O)NO.Nc1ncnc2c1ncn2[C@@H]1O[C@H](CO)C[C@@H]1F. The number of imidazole rings is 1. The molecule has 1 fully saturated rings. The van der Waals surface area contributed by atoms with Gasteiger partial charge in [-0.05, 0) is 0 Å². The van der Waals surface area contributed by atoms with Gasteiger partial charge in [-0.2, -0.15) is 0 Å². The van der Waals surface area contributed by atoms with Gasteiger partial charge in [-0.1, -0.05) is 0 Å². The fraction of sp³-hybridized carbons (Fsp3) is 0.455. The van der Waals surface area contributed by atoms with Crippen LogP contribution in [0, 0.1) is 0 Å². The van der Waals surface area contributed by atoms with Crippen molar-refractivity contribution in [3.8, 4) is 0 Å². The zero-order valence-electron chi connectivity index (χ0n) is 11.8. The number of hydrogen-bond acceptors (Lipinski definition) is 8. The smallest absolute Gasteiger partial charge is 0.335 e. The fourth-order valence-electron chi connectivity index (χ4n) is 2.12. The first kappa shape index (κ1) is 16.8. The van der Waals surface area contributed by atoms with Crippen molar-refractivity contribution in [2.24, 2.45) is 5.73 Å². The normalized spacial score (nSPS) is 23.3. The van der Waals surface area contributed by atoms with Crippen molar-refractivity contribution in [1.29, 1.82) is 0 Å². The highest BCUT2D eigenvalue weighted by Gasteiger charge is 2.37. The van der Waals surface area contributed by atoms with Gasteiger partial charge in [0.05, 0.1) is 19.0 Å². The molecule has 7 N–H and O–H groups in total. The molecule has 2 amide bonds. The number of halogens is 1. The van der Waals surface area contributed by atoms with Crippen LogP contribution in [0.15, 0.2) is 12.7 Å². The molecule has 0 aromatic carbocycles. The molecule has 0 radical (unpaired) electrons. The molecule has 0 aliphatic carbocycles. The van der Waals surface area contributed by atoms with Gasteiger partial charge in [0, 0.05) is 6.42 Å². The number of hydrogen-bond donors (Lipinski definition) is 5. The van der Waals surface area contributed by atoms with Gasteiger partial charge < -0.3 is 21.3 Å². The number of nitrogen functional groups attached to an aromatic ring is 1. The van der Waals surface area contributed by atoms with Crippen molar-refractivity contribution >= 4 is 23.0 Å². The van der Waals surface area contributed by atoms with Gasteiger partial charge in [-0.25, -0.2) is 29.6 Å². The van der Waals surface area contributed by atoms with Crippen LogP contribution < -0.4 is 16.9 Å². The standard InChI is InChI=1S/C10H12FN5O2.CH4N2O2/c11-6-1-5(2-17)18-10(6)16-4-15-7-8(12)13-3-14-9(7)16;2-1(4)3-5/h3-6,10,17H,1-2H2,(H2,12,13,14);5H,(H3,2,3,4)/t5-,6-,10+;/m0./s1. The third-order valence-corrected chi connectivity index (χ3v) is 3.10. The number of nitrogens with two attached hydrogens (primary N) is 2. The number of fused-ring (bicyclic) bond motifs is 1. The van der Waals surface area contributed by atoms with Crippen LogP contribution in [0.5, 0.6) is 0 Å². The lowest BCUT2D eigenvalue weighted by Gasteiger charge is -2.15. The minimum absolute atomic E-state index is 0.154. The van der Waals surface area contributed by atoms with Gasteiger partial charge in [0.25, 0.3) is 0 Å². The second-order valence-electron chi connectivity index (χ2n) is 4.64. The van der Waals surface area contributed by atoms with Crippen molar-refractivity contribution < 1.29 is 24.2 Å². The van der Waals surface area contributed by atoms with Gasteiger partial charge in [0.15, 0.2) is 17.7 Å². The molecule has 0 spiro atoms. The van der Waals surface area contributed by atoms with Gasteiger partial charge >= 0.3 is 6.03 Å². The lowest BCUT2D eigenvalue weighted by molar-refractivity contribution is -0.0351. The van der Waals surface area contributed by atoms with Crippen molar-refractivity contribution in [3.63, 3.8) is 0 Å². The molecular weight excluding hydrogens is 313 g/mol. The van der Waals surface area contributed by atoms with E-state index in [2.05, 4.69) is 20.7 Å². The Morgan fingerprint density at radius 2 is 2.22 bits per heavy atom. The average Bonchev–Trinajstić information content (AvgIpc) is 3.11. The van der Waals surface area contributed by atoms with E-state index in [0.717, 1.165) is 0 Å². The number of aliphatic hydroxyl groups is 1. The Morgan fingerprint density at radius 1 is 1.52 bits per heavy atom. The largest absolute Gasteiger partial charge is 0.394 e. The molecule has 3 atom stereocenters. The topological polar surface area (TPSA) is 174 Å². The van der Waals surface area contributed by atoms with Crippen molar-refractivity contribution in [2.45, 2.75) is 24.9 Å². The molecule has 23 heavy (non-hydrogen) atoms. The summed E-state index contributed by atoms with van der Waals surface area (Å²) < 4.78 is 20.7. The minimum Gasteiger partial charge on any atom is -0.394 e. The molecule has 126 valence electrons. The van der Waals surface area contributed by atoms with Gasteiger partial charge in [-0.3, -0.25) is 9.77 Å². The van der Waals surface area contributed by atoms with Crippen molar-refractivity contribution in [2.75, 3.05) is 12.3 Å². The summed E-state index contributed by atoms with van der Waals surface area (Å²) >= 11 is 0. The van der Waals surface area contributed by atoms with E-state index in [4.69, 9.17) is 20.8 Å². The quantitative estimate of drug-likeness (QED) is 0.347. The summed E-state index contributed by atoms with van der Waals surface area (Å²) in [4.78, 5) is 21.1. The molecule has 11 nitrogen and oxygen atoms in total. The third-order valence-electron chi connectivity index (χ3n) is 3.10. The van der Waals surface area contributed by atoms with E-state index in [9.17, 15) is 9.18 Å². The number of alkyl halides is 1. The van der Waals surface area contributed by atoms with Gasteiger partial charge in [-0.15, -0.1) is 0 Å². The van der Waals surface area contributed by atoms with Crippen LogP contribution in [0.1, 0.15) is 12.6 Å². The first-order chi connectivity index (χ1) is 11.0. The number of aromatic nitrogens is 4. The second kappa shape index (κ2) is 7.13. The zero-order valence-corrected chi connectivity index (χ0v) is 11.8. The summed E-state index contributed by atoms with van der Waals surface area (Å²) in [6.45, 7) is -0.208. The number of aliphatic hydroxyl groups excluding tert-OH is 1. The number of amides is 2. The maximum absolute atomic E-state index is 13.9. The van der Waals surface area contributed by atoms with Crippen molar-refractivity contribution in [3.05, 3.63) is 12.7 Å². The van der Waals surface area contributed by atoms with Gasteiger partial charge in [0.2, 0.25) is 0 Å². The molecule has 0 unspecified atom stereocenters. The van der Waals surface area contributed by atoms with Crippen LogP contribution in [0.3, 0.4) is 0 Å². The molecule has 0 saturated carbocycles. The third kappa shape index (κ3) is 3.61. The Bertz CT molecular complexity index is 681. The number of nitrogens with one attached hydrogen (secondary N) is 1. The molecular formula is C11H16FN7O4. The number of hydroxylamine groups is 1. The monoisotopic (exact) mass is 329 g/mol. The summed E-state index contributed by atoms with van der Waals surface area (Å²) in [7, 11) is 0. The molecule has 1 aliphatic rings. The van der Waals surface area contributed by atoms with E-state index in [-0.39, 0.29) is 18.8 Å². The summed E-state index contributed by atoms with van der Waals surface area (Å²) in [5.74, 6) is 0.242. The van der Waals surface area contributed by atoms with E-state index >= 15 is 0 Å². The van der Waals surface area contributed by atoms with Crippen molar-refractivity contribution in [1.82, 2.24) is 25.0 Å². The molecule has 3 heterocycles. The van der Waals surface area contributed by atoms with Crippen LogP contribution in [-0.4, -0.2) is 54.7 Å². The minimum atomic E-state index is -1.21. The molecule has 1 aliphatic heterocycles. The second-order valence-corrected chi connectivity index (χ2v) is 4.64. The maximum atomic E-state index is 13.9. The number of carbonyl (C=O) groups is 1. The Labute approximate surface area is 129 Å². The number of nitrogens with zero attached hydrogens (tertiary/aromatic N) is 4. The van der Waals surface area contributed by atoms with E-state index in [1.807, 2.05) is 0 Å². The number of anilines is 1. The van der Waals surface area contributed by atoms with Crippen LogP contribution in [0.4, 0.5) is 15.0 Å². The Balaban J connectivity index is 0.000000338. The number of primary amides is 1. The van der Waals surface area contributed by atoms with Gasteiger partial charge in [0.1, 0.15) is 18.0 Å². The first-order valence-electron chi connectivity index (χ1n) is 6.50. The Kier molecular flexibility index (Phi) is 5.20. The lowest BCUT2D eigenvalue weighted by atomic mass is 10.2. The zero-order chi connectivity index (χ0) is 17.0. The molecule has 3 rings (SSSR count). The van der Waals surface area contributed by atoms with Crippen LogP contribution in [0.25, 0.3) is 11.2 Å². The predicted octanol–water partition coefficient (Wildman–Crippen LogP) is -0.930. The fourth-order valence-corrected chi connectivity index (χ4v) is 2.12. The average molecular weight is 329 g/mol. The number of ether oxygens (including phenoxy) is 1. The summed E-state index contributed by atoms with van der Waals surface area (Å²) in [5.41, 5.74) is 12.0. The molecule has 0 bridgehead atoms. The van der Waals surface area contributed by atoms with Crippen LogP contribution in [0.2, 0.25) is 0 Å². The first-order valence-corrected chi connectivity index (χ1v) is 6.50. The van der Waals surface area contributed by atoms with Crippen LogP contribution in [-0.2, 0) is 4.74 Å². The Hall–Kier alpha value is -2.57. The number of rotatable bonds is 2. The highest BCUT2D eigenvalue weighted by Crippen LogP contribution is 2.33. The molecule has 2 aromatic rings.